The van der Waals surface area contributed by atoms with Gasteiger partial charge < -0.3 is 20.5 Å². The van der Waals surface area contributed by atoms with Crippen LogP contribution in [0.25, 0.3) is 10.9 Å². The number of halogens is 3. The van der Waals surface area contributed by atoms with Crippen LogP contribution >= 0.6 is 0 Å². The zero-order valence-electron chi connectivity index (χ0n) is 25.9. The molecule has 5 rings (SSSR count). The Kier molecular flexibility index (Phi) is 7.92. The van der Waals surface area contributed by atoms with Crippen LogP contribution in [0.3, 0.4) is 0 Å². The summed E-state index contributed by atoms with van der Waals surface area (Å²) in [7, 11) is 0. The number of H-pyrrole nitrogens is 1. The fourth-order valence-corrected chi connectivity index (χ4v) is 6.48. The normalized spacial score (nSPS) is 21.9. The largest absolute Gasteiger partial charge is 0.451 e. The highest BCUT2D eigenvalue weighted by Crippen LogP contribution is 2.65. The molecule has 45 heavy (non-hydrogen) atoms. The fraction of sp³-hybridized carbons (Fsp3) is 0.500. The van der Waals surface area contributed by atoms with Gasteiger partial charge in [-0.2, -0.15) is 18.4 Å². The van der Waals surface area contributed by atoms with Gasteiger partial charge in [-0.1, -0.05) is 46.2 Å². The Morgan fingerprint density at radius 2 is 1.91 bits per heavy atom. The first-order valence-electron chi connectivity index (χ1n) is 14.7. The zero-order valence-corrected chi connectivity index (χ0v) is 25.9. The van der Waals surface area contributed by atoms with Gasteiger partial charge in [-0.15, -0.1) is 0 Å². The molecule has 2 aromatic heterocycles. The molecular formula is C32H36F3N7O3. The van der Waals surface area contributed by atoms with Crippen LogP contribution in [-0.4, -0.2) is 56.3 Å². The van der Waals surface area contributed by atoms with Crippen LogP contribution in [0.2, 0.25) is 0 Å². The van der Waals surface area contributed by atoms with Crippen molar-refractivity contribution in [3.8, 4) is 6.07 Å². The number of alkyl halides is 3. The molecule has 3 aromatic rings. The molecule has 238 valence electrons. The Morgan fingerprint density at radius 1 is 1.20 bits per heavy atom. The van der Waals surface area contributed by atoms with Gasteiger partial charge in [0.2, 0.25) is 17.6 Å². The number of nitrogens with one attached hydrogen (secondary N) is 3. The number of amides is 2. The van der Waals surface area contributed by atoms with Crippen molar-refractivity contribution >= 4 is 28.5 Å². The molecule has 5 atom stereocenters. The lowest BCUT2D eigenvalue weighted by Gasteiger charge is -2.38. The number of piperidine rings is 1. The maximum absolute atomic E-state index is 14.1. The summed E-state index contributed by atoms with van der Waals surface area (Å²) in [5.41, 5.74) is 0.625. The highest BCUT2D eigenvalue weighted by Gasteiger charge is 2.69. The monoisotopic (exact) mass is 623 g/mol. The van der Waals surface area contributed by atoms with Gasteiger partial charge in [-0.05, 0) is 59.2 Å². The summed E-state index contributed by atoms with van der Waals surface area (Å²) in [5.74, 6) is -2.64. The van der Waals surface area contributed by atoms with Gasteiger partial charge in [0.25, 0.3) is 5.56 Å². The number of carbonyl (C=O) groups excluding carboxylic acids is 2. The van der Waals surface area contributed by atoms with Crippen molar-refractivity contribution in [1.82, 2.24) is 25.2 Å². The van der Waals surface area contributed by atoms with Gasteiger partial charge in [0, 0.05) is 30.2 Å². The third-order valence-corrected chi connectivity index (χ3v) is 9.05. The van der Waals surface area contributed by atoms with Crippen LogP contribution in [0.4, 0.5) is 19.0 Å². The molecule has 3 heterocycles. The summed E-state index contributed by atoms with van der Waals surface area (Å²) in [6.45, 7) is 11.5. The first-order chi connectivity index (χ1) is 20.9. The number of anilines is 1. The molecule has 3 N–H and O–H groups in total. The fourth-order valence-electron chi connectivity index (χ4n) is 6.48. The van der Waals surface area contributed by atoms with E-state index < -0.39 is 47.4 Å². The Balaban J connectivity index is 1.38. The van der Waals surface area contributed by atoms with E-state index in [0.29, 0.717) is 11.1 Å². The lowest BCUT2D eigenvalue weighted by atomic mass is 9.85. The Labute approximate surface area is 258 Å². The standard InChI is InChI=1S/C32H36F3N7O3/c1-16-7-8-21-17(11-16)12-18(26(43)39-21)13-19(14-36)38-27(44)24-23-20(31(23,5)6)15-42(24)28(45)25(30(2,3)4)40-22-9-10-37-29(41-22)32(33,34)35/h7-12,19-20,23-25H,13,15H2,1-6H3,(H,38,44)(H,39,43)(H,37,40,41)/t19-,20-,23+,24-,25+/m0/s1. The highest BCUT2D eigenvalue weighted by atomic mass is 19.4. The van der Waals surface area contributed by atoms with Crippen molar-refractivity contribution in [2.75, 3.05) is 11.9 Å². The maximum atomic E-state index is 14.1. The third-order valence-electron chi connectivity index (χ3n) is 9.05. The van der Waals surface area contributed by atoms with Crippen LogP contribution in [0.5, 0.6) is 0 Å². The molecule has 2 aliphatic rings. The lowest BCUT2D eigenvalue weighted by molar-refractivity contribution is -0.144. The van der Waals surface area contributed by atoms with Crippen molar-refractivity contribution in [2.24, 2.45) is 22.7 Å². The van der Waals surface area contributed by atoms with Crippen LogP contribution in [-0.2, 0) is 22.2 Å². The average molecular weight is 624 g/mol. The number of carbonyl (C=O) groups is 2. The van der Waals surface area contributed by atoms with E-state index in [9.17, 15) is 32.8 Å². The van der Waals surface area contributed by atoms with E-state index >= 15 is 0 Å². The summed E-state index contributed by atoms with van der Waals surface area (Å²) in [4.78, 5) is 51.9. The second kappa shape index (κ2) is 11.2. The third kappa shape index (κ3) is 6.23. The first-order valence-corrected chi connectivity index (χ1v) is 14.7. The molecule has 2 amide bonds. The van der Waals surface area contributed by atoms with Crippen LogP contribution in [0, 0.1) is 40.9 Å². The van der Waals surface area contributed by atoms with E-state index in [2.05, 4.69) is 31.7 Å². The van der Waals surface area contributed by atoms with Gasteiger partial charge >= 0.3 is 6.18 Å². The molecule has 2 fully saturated rings. The van der Waals surface area contributed by atoms with Crippen molar-refractivity contribution in [3.05, 3.63) is 63.8 Å². The second-order valence-electron chi connectivity index (χ2n) is 13.7. The number of fused-ring (bicyclic) bond motifs is 2. The number of hydrogen-bond acceptors (Lipinski definition) is 7. The topological polar surface area (TPSA) is 144 Å². The Hall–Kier alpha value is -4.47. The number of aromatic amines is 1. The molecule has 0 radical (unpaired) electrons. The van der Waals surface area contributed by atoms with Crippen molar-refractivity contribution in [1.29, 1.82) is 5.26 Å². The molecule has 0 bridgehead atoms. The second-order valence-corrected chi connectivity index (χ2v) is 13.7. The van der Waals surface area contributed by atoms with Gasteiger partial charge in [0.05, 0.1) is 6.07 Å². The molecule has 13 heteroatoms. The number of aryl methyl sites for hydroxylation is 1. The number of aromatic nitrogens is 3. The summed E-state index contributed by atoms with van der Waals surface area (Å²) >= 11 is 0. The smallest absolute Gasteiger partial charge is 0.358 e. The van der Waals surface area contributed by atoms with E-state index in [4.69, 9.17) is 0 Å². The average Bonchev–Trinajstić information content (AvgIpc) is 3.26. The van der Waals surface area contributed by atoms with Crippen molar-refractivity contribution < 1.29 is 22.8 Å². The molecule has 1 saturated heterocycles. The minimum atomic E-state index is -4.77. The van der Waals surface area contributed by atoms with E-state index in [-0.39, 0.29) is 41.6 Å². The first kappa shape index (κ1) is 31.9. The maximum Gasteiger partial charge on any atom is 0.451 e. The molecule has 1 aliphatic carbocycles. The molecule has 0 unspecified atom stereocenters. The molecule has 10 nitrogen and oxygen atoms in total. The van der Waals surface area contributed by atoms with Crippen LogP contribution in [0.15, 0.2) is 41.3 Å². The Morgan fingerprint density at radius 3 is 2.56 bits per heavy atom. The Bertz CT molecular complexity index is 1760. The number of nitrogens with zero attached hydrogens (tertiary/aromatic N) is 4. The summed E-state index contributed by atoms with van der Waals surface area (Å²) < 4.78 is 39.8. The summed E-state index contributed by atoms with van der Waals surface area (Å²) in [6, 6.07) is 7.65. The van der Waals surface area contributed by atoms with Gasteiger partial charge in [0.1, 0.15) is 23.9 Å². The van der Waals surface area contributed by atoms with Crippen LogP contribution < -0.4 is 16.2 Å². The highest BCUT2D eigenvalue weighted by molar-refractivity contribution is 5.93. The van der Waals surface area contributed by atoms with E-state index in [1.54, 1.807) is 32.9 Å². The lowest BCUT2D eigenvalue weighted by Crippen LogP contribution is -2.57. The molecule has 0 spiro atoms. The predicted octanol–water partition coefficient (Wildman–Crippen LogP) is 4.21. The molecule has 1 aliphatic heterocycles. The van der Waals surface area contributed by atoms with Crippen molar-refractivity contribution in [3.63, 3.8) is 0 Å². The number of pyridine rings is 1. The van der Waals surface area contributed by atoms with Gasteiger partial charge in [-0.25, -0.2) is 9.97 Å². The molecular weight excluding hydrogens is 587 g/mol. The number of benzene rings is 1. The number of rotatable bonds is 7. The minimum Gasteiger partial charge on any atom is -0.358 e. The molecule has 1 aromatic carbocycles. The quantitative estimate of drug-likeness (QED) is 0.358. The summed E-state index contributed by atoms with van der Waals surface area (Å²) in [5, 5.41) is 16.4. The molecule has 1 saturated carbocycles. The summed E-state index contributed by atoms with van der Waals surface area (Å²) in [6.07, 6.45) is -3.84. The van der Waals surface area contributed by atoms with Crippen LogP contribution in [0.1, 0.15) is 51.6 Å². The van der Waals surface area contributed by atoms with Crippen molar-refractivity contribution in [2.45, 2.75) is 72.3 Å². The minimum absolute atomic E-state index is 0.0285. The number of nitriles is 1. The number of likely N-dealkylation sites (tertiary alicyclic amines) is 1. The SMILES string of the molecule is Cc1ccc2[nH]c(=O)c(C[C@@H](C#N)NC(=O)[C@@H]3[C@H]4[C@H](CN3C(=O)[C@@H](Nc3ccnc(C(F)(F)F)n3)C(C)(C)C)C4(C)C)cc2c1. The van der Waals surface area contributed by atoms with E-state index in [1.807, 2.05) is 32.9 Å². The van der Waals surface area contributed by atoms with E-state index in [1.165, 1.54) is 11.0 Å². The zero-order chi connectivity index (χ0) is 33.1. The number of hydrogen-bond donors (Lipinski definition) is 3. The van der Waals surface area contributed by atoms with E-state index in [0.717, 1.165) is 17.1 Å². The predicted molar refractivity (Wildman–Crippen MR) is 161 cm³/mol. The van der Waals surface area contributed by atoms with Gasteiger partial charge in [-0.3, -0.25) is 14.4 Å². The van der Waals surface area contributed by atoms with Gasteiger partial charge in [0.15, 0.2) is 0 Å².